The highest BCUT2D eigenvalue weighted by Crippen LogP contribution is 2.33. The molecule has 0 amide bonds. The van der Waals surface area contributed by atoms with E-state index in [0.29, 0.717) is 12.1 Å². The van der Waals surface area contributed by atoms with E-state index < -0.39 is 0 Å². The summed E-state index contributed by atoms with van der Waals surface area (Å²) in [6.07, 6.45) is 4.85. The molecule has 2 aliphatic heterocycles. The van der Waals surface area contributed by atoms with Crippen molar-refractivity contribution >= 4 is 0 Å². The van der Waals surface area contributed by atoms with Gasteiger partial charge in [0.1, 0.15) is 0 Å². The van der Waals surface area contributed by atoms with Gasteiger partial charge >= 0.3 is 0 Å². The molecule has 2 saturated heterocycles. The molecule has 2 fully saturated rings. The Labute approximate surface area is 157 Å². The van der Waals surface area contributed by atoms with E-state index in [0.717, 1.165) is 6.67 Å². The van der Waals surface area contributed by atoms with Crippen LogP contribution in [0.4, 0.5) is 0 Å². The summed E-state index contributed by atoms with van der Waals surface area (Å²) in [6.45, 7) is 19.8. The van der Waals surface area contributed by atoms with Gasteiger partial charge in [0.25, 0.3) is 0 Å². The molecule has 0 saturated carbocycles. The Balaban J connectivity index is 2.01. The molecule has 0 bridgehead atoms. The van der Waals surface area contributed by atoms with Crippen molar-refractivity contribution in [3.05, 3.63) is 0 Å². The van der Waals surface area contributed by atoms with Gasteiger partial charge in [0.05, 0.1) is 6.67 Å². The van der Waals surface area contributed by atoms with Crippen LogP contribution in [0.5, 0.6) is 0 Å². The largest absolute Gasteiger partial charge is 0.307 e. The van der Waals surface area contributed by atoms with E-state index in [4.69, 9.17) is 0 Å². The number of rotatable bonds is 4. The third-order valence-electron chi connectivity index (χ3n) is 6.03. The van der Waals surface area contributed by atoms with Crippen LogP contribution in [-0.4, -0.2) is 64.8 Å². The lowest BCUT2D eigenvalue weighted by Gasteiger charge is -2.51. The van der Waals surface area contributed by atoms with Gasteiger partial charge in [-0.05, 0) is 95.2 Å². The molecule has 0 aromatic rings. The molecule has 148 valence electrons. The predicted octanol–water partition coefficient (Wildman–Crippen LogP) is 3.43. The number of hydrogen-bond donors (Lipinski definition) is 2. The van der Waals surface area contributed by atoms with Crippen LogP contribution < -0.4 is 10.6 Å². The second-order valence-electron chi connectivity index (χ2n) is 11.6. The molecule has 2 rings (SSSR count). The molecule has 25 heavy (non-hydrogen) atoms. The maximum absolute atomic E-state index is 3.81. The topological polar surface area (TPSA) is 30.5 Å². The molecule has 0 aromatic heterocycles. The second-order valence-corrected chi connectivity index (χ2v) is 11.6. The Hall–Kier alpha value is -0.160. The predicted molar refractivity (Wildman–Crippen MR) is 109 cm³/mol. The molecular weight excluding hydrogens is 308 g/mol. The minimum Gasteiger partial charge on any atom is -0.307 e. The monoisotopic (exact) mass is 352 g/mol. The summed E-state index contributed by atoms with van der Waals surface area (Å²) in [5.74, 6) is 0. The number of nitrogens with zero attached hydrogens (tertiary/aromatic N) is 2. The minimum absolute atomic E-state index is 0.206. The lowest BCUT2D eigenvalue weighted by atomic mass is 9.78. The van der Waals surface area contributed by atoms with Crippen LogP contribution >= 0.6 is 0 Å². The molecule has 2 heterocycles. The van der Waals surface area contributed by atoms with Crippen LogP contribution in [0.3, 0.4) is 0 Å². The molecule has 0 spiro atoms. The zero-order valence-electron chi connectivity index (χ0n) is 18.6. The number of piperidine rings is 2. The molecule has 2 N–H and O–H groups in total. The number of hydrogen-bond acceptors (Lipinski definition) is 4. The van der Waals surface area contributed by atoms with Crippen molar-refractivity contribution < 1.29 is 0 Å². The molecular formula is C21H44N4. The van der Waals surface area contributed by atoms with E-state index in [1.54, 1.807) is 0 Å². The molecule has 0 aromatic carbocycles. The van der Waals surface area contributed by atoms with Gasteiger partial charge in [-0.3, -0.25) is 9.80 Å². The quantitative estimate of drug-likeness (QED) is 0.759. The van der Waals surface area contributed by atoms with Gasteiger partial charge in [-0.25, -0.2) is 0 Å². The van der Waals surface area contributed by atoms with E-state index in [-0.39, 0.29) is 22.2 Å². The second kappa shape index (κ2) is 6.78. The molecule has 0 radical (unpaired) electrons. The van der Waals surface area contributed by atoms with Gasteiger partial charge in [0, 0.05) is 34.2 Å². The summed E-state index contributed by atoms with van der Waals surface area (Å²) in [5.41, 5.74) is 0.825. The van der Waals surface area contributed by atoms with Crippen LogP contribution in [0.25, 0.3) is 0 Å². The summed E-state index contributed by atoms with van der Waals surface area (Å²) in [4.78, 5) is 5.18. The van der Waals surface area contributed by atoms with Gasteiger partial charge < -0.3 is 10.6 Å². The third kappa shape index (κ3) is 5.92. The first-order chi connectivity index (χ1) is 11.1. The molecule has 2 aliphatic rings. The van der Waals surface area contributed by atoms with Crippen molar-refractivity contribution in [1.29, 1.82) is 0 Å². The van der Waals surface area contributed by atoms with Crippen LogP contribution in [0.15, 0.2) is 0 Å². The lowest BCUT2D eigenvalue weighted by Crippen LogP contribution is -2.64. The smallest absolute Gasteiger partial charge is 0.0505 e. The van der Waals surface area contributed by atoms with Crippen LogP contribution in [0.2, 0.25) is 0 Å². The fourth-order valence-electron chi connectivity index (χ4n) is 5.74. The van der Waals surface area contributed by atoms with Crippen molar-refractivity contribution in [1.82, 2.24) is 20.4 Å². The Morgan fingerprint density at radius 3 is 1.08 bits per heavy atom. The van der Waals surface area contributed by atoms with Crippen molar-refractivity contribution in [3.63, 3.8) is 0 Å². The lowest BCUT2D eigenvalue weighted by molar-refractivity contribution is 0.0144. The number of nitrogens with one attached hydrogen (secondary N) is 2. The first-order valence-corrected chi connectivity index (χ1v) is 10.1. The van der Waals surface area contributed by atoms with Gasteiger partial charge in [0.2, 0.25) is 0 Å². The van der Waals surface area contributed by atoms with Crippen molar-refractivity contribution in [2.45, 2.75) is 115 Å². The van der Waals surface area contributed by atoms with E-state index in [2.05, 4.69) is 89.9 Å². The first-order valence-electron chi connectivity index (χ1n) is 10.1. The van der Waals surface area contributed by atoms with Crippen LogP contribution in [0, 0.1) is 0 Å². The SMILES string of the molecule is CN(CN(C)C1CC(C)(C)NC(C)(C)C1)C1CC(C)(C)NC(C)(C)C1. The molecule has 0 unspecified atom stereocenters. The van der Waals surface area contributed by atoms with Crippen molar-refractivity contribution in [2.24, 2.45) is 0 Å². The maximum Gasteiger partial charge on any atom is 0.0505 e. The summed E-state index contributed by atoms with van der Waals surface area (Å²) < 4.78 is 0. The molecule has 4 nitrogen and oxygen atoms in total. The Morgan fingerprint density at radius 2 is 0.840 bits per heavy atom. The van der Waals surface area contributed by atoms with E-state index in [9.17, 15) is 0 Å². The molecule has 0 aliphatic carbocycles. The highest BCUT2D eigenvalue weighted by atomic mass is 15.3. The Bertz CT molecular complexity index is 393. The zero-order chi connectivity index (χ0) is 19.3. The summed E-state index contributed by atoms with van der Waals surface area (Å²) in [6, 6.07) is 1.27. The summed E-state index contributed by atoms with van der Waals surface area (Å²) in [5, 5.41) is 7.61. The normalized spacial score (nSPS) is 29.3. The van der Waals surface area contributed by atoms with E-state index >= 15 is 0 Å². The van der Waals surface area contributed by atoms with Crippen molar-refractivity contribution in [3.8, 4) is 0 Å². The van der Waals surface area contributed by atoms with Crippen molar-refractivity contribution in [2.75, 3.05) is 20.8 Å². The Kier molecular flexibility index (Phi) is 5.73. The van der Waals surface area contributed by atoms with E-state index in [1.165, 1.54) is 25.7 Å². The summed E-state index contributed by atoms with van der Waals surface area (Å²) in [7, 11) is 4.63. The Morgan fingerprint density at radius 1 is 0.600 bits per heavy atom. The van der Waals surface area contributed by atoms with E-state index in [1.807, 2.05) is 0 Å². The van der Waals surface area contributed by atoms with Gasteiger partial charge in [-0.1, -0.05) is 0 Å². The fourth-order valence-corrected chi connectivity index (χ4v) is 5.74. The van der Waals surface area contributed by atoms with Gasteiger partial charge in [0.15, 0.2) is 0 Å². The first kappa shape index (κ1) is 21.1. The average molecular weight is 353 g/mol. The van der Waals surface area contributed by atoms with Gasteiger partial charge in [-0.2, -0.15) is 0 Å². The minimum atomic E-state index is 0.206. The van der Waals surface area contributed by atoms with Gasteiger partial charge in [-0.15, -0.1) is 0 Å². The maximum atomic E-state index is 3.81. The highest BCUT2D eigenvalue weighted by molar-refractivity contribution is 5.01. The molecule has 0 atom stereocenters. The summed E-state index contributed by atoms with van der Waals surface area (Å²) >= 11 is 0. The molecule has 4 heteroatoms. The fraction of sp³-hybridized carbons (Fsp3) is 1.00. The third-order valence-corrected chi connectivity index (χ3v) is 6.03. The standard InChI is InChI=1S/C21H44N4/c1-18(2)11-16(12-19(3,4)22-18)24(9)15-25(10)17-13-20(5,6)23-21(7,8)14-17/h16-17,22-23H,11-15H2,1-10H3. The zero-order valence-corrected chi connectivity index (χ0v) is 18.6. The van der Waals surface area contributed by atoms with Crippen LogP contribution in [0.1, 0.15) is 81.1 Å². The highest BCUT2D eigenvalue weighted by Gasteiger charge is 2.41. The van der Waals surface area contributed by atoms with Crippen LogP contribution in [-0.2, 0) is 0 Å². The average Bonchev–Trinajstić information content (AvgIpc) is 2.30.